The Hall–Kier alpha value is -2.83. The predicted molar refractivity (Wildman–Crippen MR) is 73.7 cm³/mol. The summed E-state index contributed by atoms with van der Waals surface area (Å²) in [5, 5.41) is 11.0. The van der Waals surface area contributed by atoms with E-state index in [9.17, 15) is 8.78 Å². The van der Waals surface area contributed by atoms with Crippen LogP contribution < -0.4 is 5.73 Å². The molecule has 0 fully saturated rings. The van der Waals surface area contributed by atoms with Gasteiger partial charge in [-0.05, 0) is 41.1 Å². The fraction of sp³-hybridized carbons (Fsp3) is 0.0714. The van der Waals surface area contributed by atoms with Gasteiger partial charge in [0, 0.05) is 11.3 Å². The van der Waals surface area contributed by atoms with E-state index >= 15 is 0 Å². The molecular weight excluding hydrogens is 276 g/mol. The number of anilines is 1. The van der Waals surface area contributed by atoms with E-state index < -0.39 is 11.6 Å². The van der Waals surface area contributed by atoms with E-state index in [-0.39, 0.29) is 11.5 Å². The molecule has 7 heteroatoms. The number of aryl methyl sites for hydroxylation is 1. The van der Waals surface area contributed by atoms with Crippen LogP contribution in [0.5, 0.6) is 0 Å². The Labute approximate surface area is 119 Å². The molecule has 0 amide bonds. The van der Waals surface area contributed by atoms with Crippen molar-refractivity contribution in [1.29, 1.82) is 0 Å². The zero-order valence-electron chi connectivity index (χ0n) is 11.1. The molecule has 2 aromatic carbocycles. The summed E-state index contributed by atoms with van der Waals surface area (Å²) in [5.74, 6) is -1.28. The summed E-state index contributed by atoms with van der Waals surface area (Å²) >= 11 is 0. The van der Waals surface area contributed by atoms with Crippen LogP contribution in [0.3, 0.4) is 0 Å². The van der Waals surface area contributed by atoms with Gasteiger partial charge in [0.1, 0.15) is 5.69 Å². The molecule has 0 aliphatic rings. The Bertz CT molecular complexity index is 813. The monoisotopic (exact) mass is 287 g/mol. The molecule has 0 aliphatic heterocycles. The van der Waals surface area contributed by atoms with E-state index in [4.69, 9.17) is 5.73 Å². The number of para-hydroxylation sites is 1. The van der Waals surface area contributed by atoms with Gasteiger partial charge in [0.25, 0.3) is 0 Å². The molecule has 0 saturated heterocycles. The number of halogens is 2. The van der Waals surface area contributed by atoms with Crippen LogP contribution in [0, 0.1) is 18.6 Å². The summed E-state index contributed by atoms with van der Waals surface area (Å²) in [6.45, 7) is 1.54. The van der Waals surface area contributed by atoms with Gasteiger partial charge in [-0.2, -0.15) is 4.68 Å². The van der Waals surface area contributed by atoms with Gasteiger partial charge in [-0.15, -0.1) is 5.10 Å². The zero-order chi connectivity index (χ0) is 15.0. The fourth-order valence-electron chi connectivity index (χ4n) is 2.04. The van der Waals surface area contributed by atoms with E-state index in [0.717, 1.165) is 4.68 Å². The lowest BCUT2D eigenvalue weighted by atomic mass is 10.1. The molecule has 0 radical (unpaired) electrons. The molecule has 0 saturated carbocycles. The zero-order valence-corrected chi connectivity index (χ0v) is 11.1. The number of nitrogens with zero attached hydrogens (tertiary/aromatic N) is 4. The number of hydrogen-bond acceptors (Lipinski definition) is 4. The van der Waals surface area contributed by atoms with Crippen molar-refractivity contribution in [3.8, 4) is 17.1 Å². The largest absolute Gasteiger partial charge is 0.398 e. The standard InChI is InChI=1S/C14H11F2N5/c1-8-6-7-10(15)13(12(8)16)21-14(18-19-20-21)9-4-2-3-5-11(9)17/h2-7H,17H2,1H3. The van der Waals surface area contributed by atoms with E-state index in [1.165, 1.54) is 12.1 Å². The molecule has 106 valence electrons. The third-order valence-corrected chi connectivity index (χ3v) is 3.14. The molecule has 1 heterocycles. The average Bonchev–Trinajstić information content (AvgIpc) is 2.93. The third kappa shape index (κ3) is 2.12. The molecule has 5 nitrogen and oxygen atoms in total. The highest BCUT2D eigenvalue weighted by Crippen LogP contribution is 2.27. The highest BCUT2D eigenvalue weighted by molar-refractivity contribution is 5.72. The Kier molecular flexibility index (Phi) is 3.09. The molecule has 2 N–H and O–H groups in total. The van der Waals surface area contributed by atoms with E-state index in [1.54, 1.807) is 31.2 Å². The maximum absolute atomic E-state index is 14.2. The molecule has 0 atom stereocenters. The van der Waals surface area contributed by atoms with Crippen molar-refractivity contribution >= 4 is 5.69 Å². The second-order valence-corrected chi connectivity index (χ2v) is 4.53. The van der Waals surface area contributed by atoms with Crippen molar-refractivity contribution in [1.82, 2.24) is 20.2 Å². The minimum atomic E-state index is -0.749. The van der Waals surface area contributed by atoms with Crippen LogP contribution in [0.2, 0.25) is 0 Å². The quantitative estimate of drug-likeness (QED) is 0.735. The summed E-state index contributed by atoms with van der Waals surface area (Å²) in [7, 11) is 0. The molecule has 21 heavy (non-hydrogen) atoms. The minimum Gasteiger partial charge on any atom is -0.398 e. The molecule has 3 rings (SSSR count). The molecule has 0 aliphatic carbocycles. The van der Waals surface area contributed by atoms with E-state index in [2.05, 4.69) is 15.5 Å². The fourth-order valence-corrected chi connectivity index (χ4v) is 2.04. The van der Waals surface area contributed by atoms with Crippen LogP contribution in [-0.2, 0) is 0 Å². The Balaban J connectivity index is 2.26. The van der Waals surface area contributed by atoms with Gasteiger partial charge in [0.2, 0.25) is 0 Å². The SMILES string of the molecule is Cc1ccc(F)c(-n2nnnc2-c2ccccc2N)c1F. The van der Waals surface area contributed by atoms with Crippen LogP contribution in [-0.4, -0.2) is 20.2 Å². The van der Waals surface area contributed by atoms with Crippen LogP contribution in [0.1, 0.15) is 5.56 Å². The third-order valence-electron chi connectivity index (χ3n) is 3.14. The van der Waals surface area contributed by atoms with E-state index in [1.807, 2.05) is 0 Å². The minimum absolute atomic E-state index is 0.177. The lowest BCUT2D eigenvalue weighted by molar-refractivity contribution is 0.552. The van der Waals surface area contributed by atoms with Crippen LogP contribution in [0.4, 0.5) is 14.5 Å². The Morgan fingerprint density at radius 3 is 2.62 bits per heavy atom. The average molecular weight is 287 g/mol. The number of nitrogen functional groups attached to an aromatic ring is 1. The van der Waals surface area contributed by atoms with Gasteiger partial charge in [0.05, 0.1) is 0 Å². The molecule has 0 unspecified atom stereocenters. The highest BCUT2D eigenvalue weighted by atomic mass is 19.1. The maximum Gasteiger partial charge on any atom is 0.189 e. The summed E-state index contributed by atoms with van der Waals surface area (Å²) in [6.07, 6.45) is 0. The number of aromatic nitrogens is 4. The molecule has 3 aromatic rings. The Morgan fingerprint density at radius 2 is 1.86 bits per heavy atom. The summed E-state index contributed by atoms with van der Waals surface area (Å²) in [5.41, 5.74) is 6.77. The first-order valence-corrected chi connectivity index (χ1v) is 6.18. The van der Waals surface area contributed by atoms with Crippen molar-refractivity contribution < 1.29 is 8.78 Å². The first-order chi connectivity index (χ1) is 10.1. The summed E-state index contributed by atoms with van der Waals surface area (Å²) in [4.78, 5) is 0. The molecule has 0 bridgehead atoms. The van der Waals surface area contributed by atoms with Gasteiger partial charge in [-0.25, -0.2) is 8.78 Å². The summed E-state index contributed by atoms with van der Waals surface area (Å²) in [6, 6.07) is 9.37. The number of hydrogen-bond donors (Lipinski definition) is 1. The Morgan fingerprint density at radius 1 is 1.10 bits per heavy atom. The molecular formula is C14H11F2N5. The topological polar surface area (TPSA) is 69.6 Å². The van der Waals surface area contributed by atoms with Gasteiger partial charge in [-0.1, -0.05) is 18.2 Å². The lowest BCUT2D eigenvalue weighted by Gasteiger charge is -2.09. The normalized spacial score (nSPS) is 10.8. The van der Waals surface area contributed by atoms with Gasteiger partial charge in [0.15, 0.2) is 17.5 Å². The van der Waals surface area contributed by atoms with Gasteiger partial charge in [-0.3, -0.25) is 0 Å². The van der Waals surface area contributed by atoms with Crippen LogP contribution in [0.25, 0.3) is 17.1 Å². The molecule has 0 spiro atoms. The first-order valence-electron chi connectivity index (χ1n) is 6.18. The number of tetrazole rings is 1. The van der Waals surface area contributed by atoms with Crippen molar-refractivity contribution in [2.75, 3.05) is 5.73 Å². The van der Waals surface area contributed by atoms with E-state index in [0.29, 0.717) is 16.8 Å². The van der Waals surface area contributed by atoms with Gasteiger partial charge >= 0.3 is 0 Å². The lowest BCUT2D eigenvalue weighted by Crippen LogP contribution is -2.07. The van der Waals surface area contributed by atoms with Crippen molar-refractivity contribution in [2.24, 2.45) is 0 Å². The van der Waals surface area contributed by atoms with Crippen molar-refractivity contribution in [2.45, 2.75) is 6.92 Å². The van der Waals surface area contributed by atoms with Gasteiger partial charge < -0.3 is 5.73 Å². The first kappa shape index (κ1) is 13.2. The van der Waals surface area contributed by atoms with Crippen LogP contribution in [0.15, 0.2) is 36.4 Å². The maximum atomic E-state index is 14.2. The summed E-state index contributed by atoms with van der Waals surface area (Å²) < 4.78 is 29.3. The van der Waals surface area contributed by atoms with Crippen molar-refractivity contribution in [3.63, 3.8) is 0 Å². The number of nitrogens with two attached hydrogens (primary N) is 1. The molecule has 1 aromatic heterocycles. The predicted octanol–water partition coefficient (Wildman–Crippen LogP) is 2.50. The second-order valence-electron chi connectivity index (χ2n) is 4.53. The number of benzene rings is 2. The van der Waals surface area contributed by atoms with Crippen molar-refractivity contribution in [3.05, 3.63) is 53.6 Å². The highest BCUT2D eigenvalue weighted by Gasteiger charge is 2.20. The smallest absolute Gasteiger partial charge is 0.189 e. The second kappa shape index (κ2) is 4.93. The number of rotatable bonds is 2. The van der Waals surface area contributed by atoms with Crippen LogP contribution >= 0.6 is 0 Å².